The first-order valence-electron chi connectivity index (χ1n) is 14.8. The normalized spacial score (nSPS) is 11.6. The predicted octanol–water partition coefficient (Wildman–Crippen LogP) is 10.9. The van der Waals surface area contributed by atoms with Crippen molar-refractivity contribution < 1.29 is 0 Å². The van der Waals surface area contributed by atoms with Crippen LogP contribution in [0.1, 0.15) is 0 Å². The van der Waals surface area contributed by atoms with E-state index in [1.807, 2.05) is 17.4 Å². The van der Waals surface area contributed by atoms with E-state index in [0.29, 0.717) is 5.95 Å². The zero-order valence-electron chi connectivity index (χ0n) is 23.7. The molecule has 0 radical (unpaired) electrons. The number of aromatic nitrogens is 3. The number of thiophene rings is 1. The highest BCUT2D eigenvalue weighted by atomic mass is 32.1. The van der Waals surface area contributed by atoms with Crippen LogP contribution in [0, 0.1) is 0 Å². The van der Waals surface area contributed by atoms with Crippen LogP contribution in [0.4, 0.5) is 0 Å². The predicted molar refractivity (Wildman–Crippen MR) is 186 cm³/mol. The minimum atomic E-state index is 0.665. The third-order valence-corrected chi connectivity index (χ3v) is 9.59. The van der Waals surface area contributed by atoms with E-state index in [0.717, 1.165) is 33.5 Å². The molecule has 0 N–H and O–H groups in total. The molecule has 3 aromatic heterocycles. The topological polar surface area (TPSA) is 30.7 Å². The van der Waals surface area contributed by atoms with Crippen LogP contribution < -0.4 is 0 Å². The van der Waals surface area contributed by atoms with Crippen molar-refractivity contribution in [3.8, 4) is 39.6 Å². The molecular weight excluding hydrogens is 555 g/mol. The molecule has 0 fully saturated rings. The SMILES string of the molecule is c1ccc(-c2ccc(-c3cc(-c4ccc5c(c4)sc4ccccc45)nc(-n4c5ccccc5c5ccccc54)n3)cc2)cc1. The number of benzene rings is 6. The standard InChI is InChI=1S/C40H25N3S/c1-2-10-26(11-3-1)27-18-20-28(21-19-27)34-25-35(29-22-23-33-32-14-6-9-17-38(32)44-39(33)24-29)42-40(41-34)43-36-15-7-4-12-30(36)31-13-5-8-16-37(31)43/h1-25H. The average molecular weight is 580 g/mol. The smallest absolute Gasteiger partial charge is 0.235 e. The van der Waals surface area contributed by atoms with Crippen LogP contribution in [-0.2, 0) is 0 Å². The molecule has 0 saturated heterocycles. The lowest BCUT2D eigenvalue weighted by Gasteiger charge is -2.12. The molecule has 206 valence electrons. The Morgan fingerprint density at radius 1 is 0.386 bits per heavy atom. The number of nitrogens with zero attached hydrogens (tertiary/aromatic N) is 3. The summed E-state index contributed by atoms with van der Waals surface area (Å²) in [5, 5.41) is 4.96. The van der Waals surface area contributed by atoms with E-state index >= 15 is 0 Å². The zero-order chi connectivity index (χ0) is 29.0. The minimum Gasteiger partial charge on any atom is -0.278 e. The van der Waals surface area contributed by atoms with Crippen molar-refractivity contribution in [2.45, 2.75) is 0 Å². The Morgan fingerprint density at radius 3 is 1.64 bits per heavy atom. The van der Waals surface area contributed by atoms with E-state index in [9.17, 15) is 0 Å². The molecule has 0 unspecified atom stereocenters. The average Bonchev–Trinajstić information content (AvgIpc) is 3.64. The highest BCUT2D eigenvalue weighted by molar-refractivity contribution is 7.25. The first-order valence-corrected chi connectivity index (χ1v) is 15.6. The Bertz CT molecular complexity index is 2430. The number of rotatable bonds is 4. The van der Waals surface area contributed by atoms with Crippen molar-refractivity contribution in [3.05, 3.63) is 152 Å². The van der Waals surface area contributed by atoms with Gasteiger partial charge in [-0.25, -0.2) is 9.97 Å². The molecule has 3 nitrogen and oxygen atoms in total. The van der Waals surface area contributed by atoms with Crippen molar-refractivity contribution >= 4 is 53.3 Å². The third kappa shape index (κ3) is 4.03. The molecule has 0 amide bonds. The fourth-order valence-corrected chi connectivity index (χ4v) is 7.46. The van der Waals surface area contributed by atoms with Crippen LogP contribution in [0.3, 0.4) is 0 Å². The number of fused-ring (bicyclic) bond motifs is 6. The van der Waals surface area contributed by atoms with Gasteiger partial charge >= 0.3 is 0 Å². The molecule has 0 aliphatic rings. The third-order valence-electron chi connectivity index (χ3n) is 8.46. The van der Waals surface area contributed by atoms with E-state index in [2.05, 4.69) is 150 Å². The summed E-state index contributed by atoms with van der Waals surface area (Å²) in [4.78, 5) is 10.5. The monoisotopic (exact) mass is 579 g/mol. The lowest BCUT2D eigenvalue weighted by molar-refractivity contribution is 0.996. The van der Waals surface area contributed by atoms with Gasteiger partial charge in [0.25, 0.3) is 0 Å². The van der Waals surface area contributed by atoms with Gasteiger partial charge in [-0.2, -0.15) is 0 Å². The minimum absolute atomic E-state index is 0.665. The fraction of sp³-hybridized carbons (Fsp3) is 0. The molecule has 3 heterocycles. The molecule has 44 heavy (non-hydrogen) atoms. The number of para-hydroxylation sites is 2. The first-order chi connectivity index (χ1) is 21.8. The second-order valence-corrected chi connectivity index (χ2v) is 12.1. The largest absolute Gasteiger partial charge is 0.278 e. The summed E-state index contributed by atoms with van der Waals surface area (Å²) in [7, 11) is 0. The molecule has 9 rings (SSSR count). The molecule has 4 heteroatoms. The van der Waals surface area contributed by atoms with Crippen molar-refractivity contribution in [1.82, 2.24) is 14.5 Å². The Labute approximate surface area is 258 Å². The summed E-state index contributed by atoms with van der Waals surface area (Å²) < 4.78 is 4.76. The molecule has 9 aromatic rings. The molecule has 0 atom stereocenters. The second kappa shape index (κ2) is 10.0. The molecule has 0 bridgehead atoms. The summed E-state index contributed by atoms with van der Waals surface area (Å²) in [5.74, 6) is 0.665. The lowest BCUT2D eigenvalue weighted by atomic mass is 10.0. The number of hydrogen-bond acceptors (Lipinski definition) is 3. The van der Waals surface area contributed by atoms with Gasteiger partial charge in [-0.15, -0.1) is 11.3 Å². The van der Waals surface area contributed by atoms with Gasteiger partial charge in [-0.3, -0.25) is 4.57 Å². The lowest BCUT2D eigenvalue weighted by Crippen LogP contribution is -2.04. The van der Waals surface area contributed by atoms with Gasteiger partial charge in [0.05, 0.1) is 22.4 Å². The van der Waals surface area contributed by atoms with Crippen molar-refractivity contribution in [2.24, 2.45) is 0 Å². The van der Waals surface area contributed by atoms with Gasteiger partial charge in [0.1, 0.15) is 0 Å². The highest BCUT2D eigenvalue weighted by Crippen LogP contribution is 2.37. The molecule has 0 aliphatic heterocycles. The quantitative estimate of drug-likeness (QED) is 0.208. The summed E-state index contributed by atoms with van der Waals surface area (Å²) in [6, 6.07) is 53.6. The van der Waals surface area contributed by atoms with Gasteiger partial charge in [0.15, 0.2) is 0 Å². The maximum Gasteiger partial charge on any atom is 0.235 e. The highest BCUT2D eigenvalue weighted by Gasteiger charge is 2.17. The molecule has 0 aliphatic carbocycles. The fourth-order valence-electron chi connectivity index (χ4n) is 6.32. The summed E-state index contributed by atoms with van der Waals surface area (Å²) in [6.45, 7) is 0. The van der Waals surface area contributed by atoms with E-state index in [-0.39, 0.29) is 0 Å². The Hall–Kier alpha value is -5.58. The molecule has 0 spiro atoms. The van der Waals surface area contributed by atoms with E-state index in [1.54, 1.807) is 0 Å². The van der Waals surface area contributed by atoms with Crippen LogP contribution in [-0.4, -0.2) is 14.5 Å². The summed E-state index contributed by atoms with van der Waals surface area (Å²) in [6.07, 6.45) is 0. The van der Waals surface area contributed by atoms with Crippen molar-refractivity contribution in [2.75, 3.05) is 0 Å². The molecule has 6 aromatic carbocycles. The summed E-state index contributed by atoms with van der Waals surface area (Å²) in [5.41, 5.74) is 8.49. The molecular formula is C40H25N3S. The van der Waals surface area contributed by atoms with Gasteiger partial charge in [0.2, 0.25) is 5.95 Å². The van der Waals surface area contributed by atoms with E-state index < -0.39 is 0 Å². The van der Waals surface area contributed by atoms with Gasteiger partial charge in [-0.05, 0) is 41.5 Å². The second-order valence-electron chi connectivity index (χ2n) is 11.1. The van der Waals surface area contributed by atoms with Gasteiger partial charge in [0, 0.05) is 42.1 Å². The first kappa shape index (κ1) is 25.0. The van der Waals surface area contributed by atoms with Crippen LogP contribution in [0.25, 0.3) is 81.6 Å². The Morgan fingerprint density at radius 2 is 0.909 bits per heavy atom. The number of hydrogen-bond donors (Lipinski definition) is 0. The van der Waals surface area contributed by atoms with Crippen LogP contribution in [0.15, 0.2) is 152 Å². The zero-order valence-corrected chi connectivity index (χ0v) is 24.5. The van der Waals surface area contributed by atoms with Gasteiger partial charge in [-0.1, -0.05) is 121 Å². The van der Waals surface area contributed by atoms with E-state index in [1.165, 1.54) is 42.1 Å². The summed E-state index contributed by atoms with van der Waals surface area (Å²) >= 11 is 1.83. The van der Waals surface area contributed by atoms with Crippen LogP contribution >= 0.6 is 11.3 Å². The maximum atomic E-state index is 5.25. The molecule has 0 saturated carbocycles. The Balaban J connectivity index is 1.27. The van der Waals surface area contributed by atoms with Crippen LogP contribution in [0.2, 0.25) is 0 Å². The maximum absolute atomic E-state index is 5.25. The Kier molecular flexibility index (Phi) is 5.68. The van der Waals surface area contributed by atoms with Crippen LogP contribution in [0.5, 0.6) is 0 Å². The van der Waals surface area contributed by atoms with Gasteiger partial charge < -0.3 is 0 Å². The van der Waals surface area contributed by atoms with Crippen molar-refractivity contribution in [3.63, 3.8) is 0 Å². The van der Waals surface area contributed by atoms with Crippen molar-refractivity contribution in [1.29, 1.82) is 0 Å². The van der Waals surface area contributed by atoms with E-state index in [4.69, 9.17) is 9.97 Å².